The minimum Gasteiger partial charge on any atom is -0.381 e. The number of hydrogen-bond acceptors (Lipinski definition) is 1. The van der Waals surface area contributed by atoms with Gasteiger partial charge in [0.25, 0.3) is 0 Å². The smallest absolute Gasteiger partial charge is 0.126 e. The van der Waals surface area contributed by atoms with Gasteiger partial charge >= 0.3 is 0 Å². The van der Waals surface area contributed by atoms with Crippen molar-refractivity contribution in [1.82, 2.24) is 0 Å². The molecule has 2 aromatic rings. The van der Waals surface area contributed by atoms with Crippen LogP contribution in [0.4, 0.5) is 10.1 Å². The quantitative estimate of drug-likeness (QED) is 0.808. The predicted molar refractivity (Wildman–Crippen MR) is 84.7 cm³/mol. The van der Waals surface area contributed by atoms with Gasteiger partial charge in [0.15, 0.2) is 0 Å². The van der Waals surface area contributed by atoms with Crippen LogP contribution in [0.1, 0.15) is 29.9 Å². The molecule has 1 fully saturated rings. The van der Waals surface area contributed by atoms with E-state index in [0.29, 0.717) is 12.0 Å². The minimum absolute atomic E-state index is 0.0762. The molecule has 20 heavy (non-hydrogen) atoms. The molecule has 0 atom stereocenters. The Hall–Kier alpha value is -1.35. The fourth-order valence-corrected chi connectivity index (χ4v) is 3.13. The molecule has 0 amide bonds. The molecular formula is C17H17BrFN. The number of aryl methyl sites for hydroxylation is 1. The Morgan fingerprint density at radius 3 is 2.65 bits per heavy atom. The summed E-state index contributed by atoms with van der Waals surface area (Å²) in [6.45, 7) is 2.08. The molecule has 3 heteroatoms. The molecular weight excluding hydrogens is 317 g/mol. The molecule has 1 nitrogen and oxygen atoms in total. The highest BCUT2D eigenvalue weighted by atomic mass is 79.9. The van der Waals surface area contributed by atoms with Crippen LogP contribution in [0.15, 0.2) is 46.9 Å². The second-order valence-corrected chi connectivity index (χ2v) is 6.37. The van der Waals surface area contributed by atoms with E-state index >= 15 is 0 Å². The maximum Gasteiger partial charge on any atom is 0.126 e. The van der Waals surface area contributed by atoms with Crippen LogP contribution in [-0.2, 0) is 0 Å². The normalized spacial score (nSPS) is 21.4. The lowest BCUT2D eigenvalue weighted by molar-refractivity contribution is 0.363. The summed E-state index contributed by atoms with van der Waals surface area (Å²) < 4.78 is 14.8. The van der Waals surface area contributed by atoms with E-state index < -0.39 is 0 Å². The molecule has 0 aromatic heterocycles. The Kier molecular flexibility index (Phi) is 3.79. The molecule has 0 bridgehead atoms. The van der Waals surface area contributed by atoms with Crippen molar-refractivity contribution in [3.8, 4) is 0 Å². The summed E-state index contributed by atoms with van der Waals surface area (Å²) in [7, 11) is 0. The molecule has 0 saturated heterocycles. The third-order valence-electron chi connectivity index (χ3n) is 3.96. The van der Waals surface area contributed by atoms with Gasteiger partial charge in [0, 0.05) is 16.2 Å². The summed E-state index contributed by atoms with van der Waals surface area (Å²) in [5.41, 5.74) is 3.22. The molecule has 2 aromatic carbocycles. The molecule has 3 rings (SSSR count). The van der Waals surface area contributed by atoms with Crippen molar-refractivity contribution in [2.45, 2.75) is 31.7 Å². The first-order chi connectivity index (χ1) is 9.63. The maximum absolute atomic E-state index is 13.7. The number of benzene rings is 2. The van der Waals surface area contributed by atoms with Crippen molar-refractivity contribution in [2.75, 3.05) is 5.32 Å². The number of hydrogen-bond donors (Lipinski definition) is 1. The number of nitrogens with one attached hydrogen (secondary N) is 1. The zero-order valence-electron chi connectivity index (χ0n) is 11.4. The third kappa shape index (κ3) is 2.73. The molecule has 0 heterocycles. The van der Waals surface area contributed by atoms with Crippen LogP contribution < -0.4 is 5.32 Å². The van der Waals surface area contributed by atoms with Gasteiger partial charge in [-0.3, -0.25) is 0 Å². The Bertz CT molecular complexity index is 620. The van der Waals surface area contributed by atoms with Gasteiger partial charge in [-0.2, -0.15) is 0 Å². The Morgan fingerprint density at radius 2 is 1.90 bits per heavy atom. The van der Waals surface area contributed by atoms with Crippen molar-refractivity contribution in [2.24, 2.45) is 0 Å². The van der Waals surface area contributed by atoms with E-state index in [9.17, 15) is 4.39 Å². The van der Waals surface area contributed by atoms with Crippen molar-refractivity contribution in [3.05, 3.63) is 63.9 Å². The standard InChI is InChI=1S/C17H17BrFN/c1-11-6-7-15(18)17(8-11)20-13-9-12(10-13)14-4-2-3-5-16(14)19/h2-8,12-13,20H,9-10H2,1H3. The first-order valence-corrected chi connectivity index (χ1v) is 7.70. The van der Waals surface area contributed by atoms with Crippen LogP contribution in [-0.4, -0.2) is 6.04 Å². The molecule has 0 radical (unpaired) electrons. The molecule has 1 aliphatic rings. The van der Waals surface area contributed by atoms with Crippen molar-refractivity contribution in [3.63, 3.8) is 0 Å². The first kappa shape index (κ1) is 13.6. The Morgan fingerprint density at radius 1 is 1.15 bits per heavy atom. The third-order valence-corrected chi connectivity index (χ3v) is 4.66. The summed E-state index contributed by atoms with van der Waals surface area (Å²) in [6, 6.07) is 13.8. The van der Waals surface area contributed by atoms with Gasteiger partial charge in [0.05, 0.1) is 0 Å². The van der Waals surface area contributed by atoms with Crippen molar-refractivity contribution >= 4 is 21.6 Å². The molecule has 0 unspecified atom stereocenters. The monoisotopic (exact) mass is 333 g/mol. The SMILES string of the molecule is Cc1ccc(Br)c(NC2CC(c3ccccc3F)C2)c1. The van der Waals surface area contributed by atoms with E-state index in [4.69, 9.17) is 0 Å². The summed E-state index contributed by atoms with van der Waals surface area (Å²) >= 11 is 3.56. The Labute approximate surface area is 127 Å². The van der Waals surface area contributed by atoms with Crippen molar-refractivity contribution < 1.29 is 4.39 Å². The van der Waals surface area contributed by atoms with Crippen LogP contribution >= 0.6 is 15.9 Å². The molecule has 1 saturated carbocycles. The van der Waals surface area contributed by atoms with Crippen LogP contribution in [0.5, 0.6) is 0 Å². The number of rotatable bonds is 3. The number of anilines is 1. The lowest BCUT2D eigenvalue weighted by Gasteiger charge is -2.37. The van der Waals surface area contributed by atoms with E-state index in [2.05, 4.69) is 46.4 Å². The Balaban J connectivity index is 1.64. The first-order valence-electron chi connectivity index (χ1n) is 6.90. The van der Waals surface area contributed by atoms with E-state index in [-0.39, 0.29) is 5.82 Å². The maximum atomic E-state index is 13.7. The minimum atomic E-state index is -0.0762. The topological polar surface area (TPSA) is 12.0 Å². The van der Waals surface area contributed by atoms with E-state index in [1.807, 2.05) is 12.1 Å². The van der Waals surface area contributed by atoms with E-state index in [1.165, 1.54) is 5.56 Å². The average Bonchev–Trinajstić information content (AvgIpc) is 2.38. The lowest BCUT2D eigenvalue weighted by Crippen LogP contribution is -2.34. The van der Waals surface area contributed by atoms with Gasteiger partial charge in [-0.05, 0) is 70.9 Å². The second-order valence-electron chi connectivity index (χ2n) is 5.51. The summed E-state index contributed by atoms with van der Waals surface area (Å²) in [6.07, 6.45) is 1.97. The van der Waals surface area contributed by atoms with Gasteiger partial charge in [-0.25, -0.2) is 4.39 Å². The van der Waals surface area contributed by atoms with Gasteiger partial charge in [-0.1, -0.05) is 24.3 Å². The molecule has 0 spiro atoms. The van der Waals surface area contributed by atoms with Gasteiger partial charge in [0.2, 0.25) is 0 Å². The zero-order valence-corrected chi connectivity index (χ0v) is 13.0. The van der Waals surface area contributed by atoms with Gasteiger partial charge < -0.3 is 5.32 Å². The highest BCUT2D eigenvalue weighted by Crippen LogP contribution is 2.40. The molecule has 1 aliphatic carbocycles. The summed E-state index contributed by atoms with van der Waals surface area (Å²) in [4.78, 5) is 0. The molecule has 1 N–H and O–H groups in total. The van der Waals surface area contributed by atoms with Crippen LogP contribution in [0.3, 0.4) is 0 Å². The van der Waals surface area contributed by atoms with Gasteiger partial charge in [0.1, 0.15) is 5.82 Å². The van der Waals surface area contributed by atoms with Crippen molar-refractivity contribution in [1.29, 1.82) is 0 Å². The average molecular weight is 334 g/mol. The van der Waals surface area contributed by atoms with Crippen LogP contribution in [0, 0.1) is 12.7 Å². The predicted octanol–water partition coefficient (Wildman–Crippen LogP) is 5.25. The fraction of sp³-hybridized carbons (Fsp3) is 0.294. The summed E-state index contributed by atoms with van der Waals surface area (Å²) in [5.74, 6) is 0.268. The van der Waals surface area contributed by atoms with Gasteiger partial charge in [-0.15, -0.1) is 0 Å². The molecule has 0 aliphatic heterocycles. The largest absolute Gasteiger partial charge is 0.381 e. The van der Waals surface area contributed by atoms with Crippen LogP contribution in [0.2, 0.25) is 0 Å². The summed E-state index contributed by atoms with van der Waals surface area (Å²) in [5, 5.41) is 3.54. The highest BCUT2D eigenvalue weighted by molar-refractivity contribution is 9.10. The fourth-order valence-electron chi connectivity index (χ4n) is 2.77. The molecule has 104 valence electrons. The van der Waals surface area contributed by atoms with Crippen LogP contribution in [0.25, 0.3) is 0 Å². The van der Waals surface area contributed by atoms with E-state index in [1.54, 1.807) is 12.1 Å². The lowest BCUT2D eigenvalue weighted by atomic mass is 9.75. The highest BCUT2D eigenvalue weighted by Gasteiger charge is 2.32. The number of halogens is 2. The zero-order chi connectivity index (χ0) is 14.1. The van der Waals surface area contributed by atoms with E-state index in [0.717, 1.165) is 28.6 Å². The second kappa shape index (κ2) is 5.57.